The average Bonchev–Trinajstić information content (AvgIpc) is 2.94. The lowest BCUT2D eigenvalue weighted by atomic mass is 9.85. The molecular formula is C17H20N4O3. The number of aryl methyl sites for hydroxylation is 1. The van der Waals surface area contributed by atoms with Gasteiger partial charge in [0.2, 0.25) is 11.8 Å². The minimum absolute atomic E-state index is 0.0159. The van der Waals surface area contributed by atoms with Gasteiger partial charge in [-0.25, -0.2) is 0 Å². The molecule has 0 radical (unpaired) electrons. The van der Waals surface area contributed by atoms with Crippen molar-refractivity contribution in [3.63, 3.8) is 0 Å². The Hall–Kier alpha value is -2.83. The maximum Gasteiger partial charge on any atom is 0.245 e. The molecule has 0 unspecified atom stereocenters. The van der Waals surface area contributed by atoms with Crippen LogP contribution in [0.2, 0.25) is 0 Å². The largest absolute Gasteiger partial charge is 0.369 e. The lowest BCUT2D eigenvalue weighted by molar-refractivity contribution is -0.119. The topological polar surface area (TPSA) is 101 Å². The lowest BCUT2D eigenvalue weighted by Gasteiger charge is -2.39. The fourth-order valence-electron chi connectivity index (χ4n) is 3.15. The van der Waals surface area contributed by atoms with Gasteiger partial charge in [-0.15, -0.1) is 0 Å². The molecule has 0 spiro atoms. The smallest absolute Gasteiger partial charge is 0.245 e. The van der Waals surface area contributed by atoms with E-state index in [0.717, 1.165) is 11.3 Å². The van der Waals surface area contributed by atoms with Crippen molar-refractivity contribution in [2.45, 2.75) is 32.2 Å². The average molecular weight is 328 g/mol. The van der Waals surface area contributed by atoms with Crippen LogP contribution in [0, 0.1) is 6.92 Å². The summed E-state index contributed by atoms with van der Waals surface area (Å²) in [4.78, 5) is 26.1. The number of amides is 2. The monoisotopic (exact) mass is 328 g/mol. The van der Waals surface area contributed by atoms with Gasteiger partial charge in [-0.1, -0.05) is 23.4 Å². The van der Waals surface area contributed by atoms with Gasteiger partial charge in [-0.2, -0.15) is 0 Å². The molecule has 2 aromatic rings. The molecule has 3 N–H and O–H groups in total. The van der Waals surface area contributed by atoms with Crippen molar-refractivity contribution in [2.24, 2.45) is 5.73 Å². The molecule has 1 aliphatic rings. The molecule has 7 heteroatoms. The van der Waals surface area contributed by atoms with Crippen LogP contribution in [-0.2, 0) is 9.59 Å². The first-order chi connectivity index (χ1) is 11.5. The zero-order chi connectivity index (χ0) is 17.3. The van der Waals surface area contributed by atoms with Gasteiger partial charge in [0.1, 0.15) is 5.76 Å². The number of fused-ring (bicyclic) bond motifs is 1. The number of para-hydroxylation sites is 1. The van der Waals surface area contributed by atoms with Crippen LogP contribution in [0.15, 0.2) is 34.9 Å². The maximum atomic E-state index is 12.3. The molecule has 0 fully saturated rings. The molecule has 0 aliphatic carbocycles. The fourth-order valence-corrected chi connectivity index (χ4v) is 3.15. The fraction of sp³-hybridized carbons (Fsp3) is 0.353. The van der Waals surface area contributed by atoms with Crippen molar-refractivity contribution in [3.8, 4) is 0 Å². The van der Waals surface area contributed by atoms with Crippen molar-refractivity contribution >= 4 is 23.3 Å². The first-order valence-electron chi connectivity index (χ1n) is 7.83. The number of primary amides is 1. The summed E-state index contributed by atoms with van der Waals surface area (Å²) in [5, 5.41) is 6.48. The summed E-state index contributed by atoms with van der Waals surface area (Å²) in [6, 6.07) is 9.25. The summed E-state index contributed by atoms with van der Waals surface area (Å²) in [7, 11) is 0. The van der Waals surface area contributed by atoms with Crippen LogP contribution in [0.3, 0.4) is 0 Å². The summed E-state index contributed by atoms with van der Waals surface area (Å²) in [5.74, 6) is 0.171. The summed E-state index contributed by atoms with van der Waals surface area (Å²) >= 11 is 0. The molecule has 7 nitrogen and oxygen atoms in total. The number of hydrogen-bond donors (Lipinski definition) is 2. The second-order valence-corrected chi connectivity index (χ2v) is 6.10. The number of carbonyl (C=O) groups excluding carboxylic acids is 2. The van der Waals surface area contributed by atoms with E-state index >= 15 is 0 Å². The normalized spacial score (nSPS) is 19.7. The zero-order valence-electron chi connectivity index (χ0n) is 13.7. The van der Waals surface area contributed by atoms with E-state index in [1.807, 2.05) is 36.1 Å². The van der Waals surface area contributed by atoms with Crippen LogP contribution in [0.1, 0.15) is 30.6 Å². The molecule has 126 valence electrons. The van der Waals surface area contributed by atoms with E-state index in [9.17, 15) is 9.59 Å². The predicted octanol–water partition coefficient (Wildman–Crippen LogP) is 1.79. The first-order valence-corrected chi connectivity index (χ1v) is 7.83. The van der Waals surface area contributed by atoms with Gasteiger partial charge in [0, 0.05) is 17.8 Å². The molecule has 0 saturated heterocycles. The highest BCUT2D eigenvalue weighted by atomic mass is 16.5. The van der Waals surface area contributed by atoms with Gasteiger partial charge < -0.3 is 20.5 Å². The Morgan fingerprint density at radius 2 is 2.17 bits per heavy atom. The number of nitrogens with zero attached hydrogens (tertiary/aromatic N) is 2. The molecular weight excluding hydrogens is 308 g/mol. The third kappa shape index (κ3) is 3.10. The number of benzene rings is 1. The molecule has 1 aromatic carbocycles. The molecule has 2 atom stereocenters. The first kappa shape index (κ1) is 16.0. The van der Waals surface area contributed by atoms with Crippen molar-refractivity contribution in [1.82, 2.24) is 5.16 Å². The van der Waals surface area contributed by atoms with Crippen LogP contribution >= 0.6 is 0 Å². The van der Waals surface area contributed by atoms with Crippen molar-refractivity contribution < 1.29 is 14.1 Å². The number of nitrogens with one attached hydrogen (secondary N) is 1. The number of nitrogens with two attached hydrogens (primary N) is 1. The SMILES string of the molecule is Cc1cc(NC(=O)CN2c3ccccc3[C@H](C(N)=O)C[C@@H]2C)no1. The number of rotatable bonds is 4. The second kappa shape index (κ2) is 6.35. The van der Waals surface area contributed by atoms with Crippen LogP contribution in [0.4, 0.5) is 11.5 Å². The standard InChI is InChI=1S/C17H20N4O3/c1-10-7-13(17(18)23)12-5-3-4-6-14(12)21(10)9-16(22)19-15-8-11(2)24-20-15/h3-6,8,10,13H,7,9H2,1-2H3,(H2,18,23)(H,19,20,22)/t10-,13+/m0/s1. The summed E-state index contributed by atoms with van der Waals surface area (Å²) in [6.07, 6.45) is 0.586. The van der Waals surface area contributed by atoms with E-state index in [0.29, 0.717) is 18.0 Å². The van der Waals surface area contributed by atoms with Crippen molar-refractivity contribution in [1.29, 1.82) is 0 Å². The summed E-state index contributed by atoms with van der Waals surface area (Å²) in [6.45, 7) is 3.91. The summed E-state index contributed by atoms with van der Waals surface area (Å²) in [5.41, 5.74) is 7.28. The van der Waals surface area contributed by atoms with Crippen LogP contribution in [0.25, 0.3) is 0 Å². The maximum absolute atomic E-state index is 12.3. The zero-order valence-corrected chi connectivity index (χ0v) is 13.7. The Bertz CT molecular complexity index is 771. The quantitative estimate of drug-likeness (QED) is 0.891. The van der Waals surface area contributed by atoms with Crippen LogP contribution in [0.5, 0.6) is 0 Å². The molecule has 1 aromatic heterocycles. The minimum atomic E-state index is -0.337. The Kier molecular flexibility index (Phi) is 4.24. The van der Waals surface area contributed by atoms with Gasteiger partial charge >= 0.3 is 0 Å². The van der Waals surface area contributed by atoms with Crippen LogP contribution in [-0.4, -0.2) is 29.6 Å². The second-order valence-electron chi connectivity index (χ2n) is 6.10. The molecule has 0 bridgehead atoms. The number of hydrogen-bond acceptors (Lipinski definition) is 5. The number of carbonyl (C=O) groups is 2. The molecule has 2 amide bonds. The molecule has 24 heavy (non-hydrogen) atoms. The van der Waals surface area contributed by atoms with Crippen molar-refractivity contribution in [2.75, 3.05) is 16.8 Å². The third-order valence-corrected chi connectivity index (χ3v) is 4.28. The highest BCUT2D eigenvalue weighted by Crippen LogP contribution is 2.37. The highest BCUT2D eigenvalue weighted by molar-refractivity contribution is 5.94. The predicted molar refractivity (Wildman–Crippen MR) is 89.7 cm³/mol. The Balaban J connectivity index is 1.80. The van der Waals surface area contributed by atoms with Crippen LogP contribution < -0.4 is 16.0 Å². The van der Waals surface area contributed by atoms with E-state index in [1.54, 1.807) is 13.0 Å². The van der Waals surface area contributed by atoms with E-state index in [1.165, 1.54) is 0 Å². The van der Waals surface area contributed by atoms with E-state index in [4.69, 9.17) is 10.3 Å². The highest BCUT2D eigenvalue weighted by Gasteiger charge is 2.33. The van der Waals surface area contributed by atoms with Gasteiger partial charge in [-0.05, 0) is 31.9 Å². The molecule has 3 rings (SSSR count). The van der Waals surface area contributed by atoms with Gasteiger partial charge in [0.15, 0.2) is 5.82 Å². The molecule has 2 heterocycles. The Morgan fingerprint density at radius 3 is 2.83 bits per heavy atom. The van der Waals surface area contributed by atoms with Gasteiger partial charge in [0.25, 0.3) is 0 Å². The van der Waals surface area contributed by atoms with Gasteiger partial charge in [0.05, 0.1) is 12.5 Å². The van der Waals surface area contributed by atoms with E-state index in [-0.39, 0.29) is 30.3 Å². The molecule has 0 saturated carbocycles. The Morgan fingerprint density at radius 1 is 1.42 bits per heavy atom. The lowest BCUT2D eigenvalue weighted by Crippen LogP contribution is -2.45. The minimum Gasteiger partial charge on any atom is -0.369 e. The number of aromatic nitrogens is 1. The van der Waals surface area contributed by atoms with E-state index < -0.39 is 0 Å². The van der Waals surface area contributed by atoms with Crippen molar-refractivity contribution in [3.05, 3.63) is 41.7 Å². The summed E-state index contributed by atoms with van der Waals surface area (Å²) < 4.78 is 4.94. The Labute approximate surface area is 139 Å². The van der Waals surface area contributed by atoms with E-state index in [2.05, 4.69) is 10.5 Å². The number of anilines is 2. The molecule has 1 aliphatic heterocycles. The van der Waals surface area contributed by atoms with Gasteiger partial charge in [-0.3, -0.25) is 9.59 Å². The third-order valence-electron chi connectivity index (χ3n) is 4.28.